The third-order valence-corrected chi connectivity index (χ3v) is 1.71. The fourth-order valence-corrected chi connectivity index (χ4v) is 1.20. The fourth-order valence-electron chi connectivity index (χ4n) is 1.20. The number of aryl methyl sites for hydroxylation is 1. The Kier molecular flexibility index (Phi) is 2.93. The Hall–Kier alpha value is -1.32. The molecule has 0 unspecified atom stereocenters. The van der Waals surface area contributed by atoms with E-state index in [9.17, 15) is 13.2 Å². The molecule has 76 valence electrons. The minimum Gasteiger partial charge on any atom is -0.296 e. The molecule has 1 nitrogen and oxygen atoms in total. The van der Waals surface area contributed by atoms with Gasteiger partial charge in [-0.05, 0) is 30.2 Å². The lowest BCUT2D eigenvalue weighted by molar-refractivity contribution is -0.137. The van der Waals surface area contributed by atoms with Crippen LogP contribution in [0.5, 0.6) is 0 Å². The molecular weight excluding hydrogens is 191 g/mol. The first kappa shape index (κ1) is 10.8. The topological polar surface area (TPSA) is 12.4 Å². The zero-order valence-corrected chi connectivity index (χ0v) is 7.89. The van der Waals surface area contributed by atoms with E-state index in [0.717, 1.165) is 12.1 Å². The summed E-state index contributed by atoms with van der Waals surface area (Å²) in [5.74, 6) is 0. The van der Waals surface area contributed by atoms with Crippen LogP contribution in [0.2, 0.25) is 0 Å². The molecule has 1 aromatic carbocycles. The summed E-state index contributed by atoms with van der Waals surface area (Å²) >= 11 is 0. The van der Waals surface area contributed by atoms with Gasteiger partial charge in [-0.25, -0.2) is 0 Å². The lowest BCUT2D eigenvalue weighted by Crippen LogP contribution is -2.06. The molecule has 0 radical (unpaired) electrons. The molecule has 0 aliphatic heterocycles. The molecule has 0 aliphatic rings. The fraction of sp³-hybridized carbons (Fsp3) is 0.300. The van der Waals surface area contributed by atoms with Gasteiger partial charge in [0.1, 0.15) is 0 Å². The second kappa shape index (κ2) is 3.82. The normalized spacial score (nSPS) is 12.4. The molecule has 0 spiro atoms. The molecule has 0 N–H and O–H groups in total. The summed E-state index contributed by atoms with van der Waals surface area (Å²) < 4.78 is 37.0. The number of alkyl halides is 3. The summed E-state index contributed by atoms with van der Waals surface area (Å²) in [5.41, 5.74) is 0.418. The number of hydrogen-bond donors (Lipinski definition) is 0. The maximum atomic E-state index is 12.3. The van der Waals surface area contributed by atoms with E-state index in [4.69, 9.17) is 0 Å². The maximum Gasteiger partial charge on any atom is 0.416 e. The van der Waals surface area contributed by atoms with Crippen molar-refractivity contribution in [1.82, 2.24) is 0 Å². The zero-order chi connectivity index (χ0) is 10.8. The highest BCUT2D eigenvalue weighted by Gasteiger charge is 2.30. The molecule has 0 atom stereocenters. The number of aliphatic imine (C=N–C) groups is 1. The van der Waals surface area contributed by atoms with Gasteiger partial charge >= 0.3 is 6.18 Å². The van der Waals surface area contributed by atoms with Crippen LogP contribution in [0.25, 0.3) is 0 Å². The predicted molar refractivity (Wildman–Crippen MR) is 49.7 cm³/mol. The van der Waals surface area contributed by atoms with E-state index in [1.807, 2.05) is 0 Å². The lowest BCUT2D eigenvalue weighted by Gasteiger charge is -2.08. The van der Waals surface area contributed by atoms with E-state index in [2.05, 4.69) is 4.99 Å². The van der Waals surface area contributed by atoms with Crippen molar-refractivity contribution in [3.8, 4) is 0 Å². The minimum atomic E-state index is -4.29. The molecular formula is C10H10F3N. The van der Waals surface area contributed by atoms with Crippen LogP contribution >= 0.6 is 0 Å². The molecule has 0 amide bonds. The first-order valence-electron chi connectivity index (χ1n) is 4.04. The van der Waals surface area contributed by atoms with Crippen molar-refractivity contribution in [2.45, 2.75) is 13.1 Å². The van der Waals surface area contributed by atoms with Gasteiger partial charge < -0.3 is 0 Å². The molecule has 0 saturated heterocycles. The average Bonchev–Trinajstić information content (AvgIpc) is 2.02. The monoisotopic (exact) mass is 201 g/mol. The van der Waals surface area contributed by atoms with Gasteiger partial charge in [-0.1, -0.05) is 6.07 Å². The van der Waals surface area contributed by atoms with Crippen LogP contribution in [0.1, 0.15) is 16.7 Å². The first-order valence-corrected chi connectivity index (χ1v) is 4.04. The van der Waals surface area contributed by atoms with E-state index in [1.54, 1.807) is 13.0 Å². The van der Waals surface area contributed by atoms with E-state index in [-0.39, 0.29) is 0 Å². The Morgan fingerprint density at radius 2 is 1.86 bits per heavy atom. The van der Waals surface area contributed by atoms with Gasteiger partial charge in [-0.3, -0.25) is 4.99 Å². The van der Waals surface area contributed by atoms with Crippen LogP contribution in [-0.2, 0) is 6.18 Å². The second-order valence-corrected chi connectivity index (χ2v) is 3.02. The van der Waals surface area contributed by atoms with Gasteiger partial charge in [0.25, 0.3) is 0 Å². The first-order chi connectivity index (χ1) is 6.43. The molecule has 0 aromatic heterocycles. The summed E-state index contributed by atoms with van der Waals surface area (Å²) in [6.45, 7) is 1.63. The quantitative estimate of drug-likeness (QED) is 0.619. The number of rotatable bonds is 1. The minimum absolute atomic E-state index is 0.472. The van der Waals surface area contributed by atoms with Gasteiger partial charge in [0.15, 0.2) is 0 Å². The van der Waals surface area contributed by atoms with E-state index < -0.39 is 11.7 Å². The summed E-state index contributed by atoms with van der Waals surface area (Å²) in [5, 5.41) is 0. The third kappa shape index (κ3) is 2.58. The standard InChI is InChI=1S/C10H10F3N/c1-7-3-8(6-14-2)5-9(4-7)10(11,12)13/h3-6H,1-2H3. The number of benzene rings is 1. The van der Waals surface area contributed by atoms with Crippen molar-refractivity contribution in [3.63, 3.8) is 0 Å². The summed E-state index contributed by atoms with van der Waals surface area (Å²) in [7, 11) is 1.52. The molecule has 0 fully saturated rings. The van der Waals surface area contributed by atoms with Crippen LogP contribution < -0.4 is 0 Å². The van der Waals surface area contributed by atoms with Gasteiger partial charge in [0.05, 0.1) is 5.56 Å². The van der Waals surface area contributed by atoms with Crippen LogP contribution in [0.3, 0.4) is 0 Å². The van der Waals surface area contributed by atoms with E-state index >= 15 is 0 Å². The van der Waals surface area contributed by atoms with Gasteiger partial charge in [0.2, 0.25) is 0 Å². The average molecular weight is 201 g/mol. The molecule has 0 bridgehead atoms. The van der Waals surface area contributed by atoms with Crippen molar-refractivity contribution in [3.05, 3.63) is 34.9 Å². The number of hydrogen-bond acceptors (Lipinski definition) is 1. The molecule has 0 saturated carbocycles. The van der Waals surface area contributed by atoms with E-state index in [1.165, 1.54) is 13.3 Å². The number of halogens is 3. The van der Waals surface area contributed by atoms with Gasteiger partial charge in [0, 0.05) is 13.3 Å². The number of nitrogens with zero attached hydrogens (tertiary/aromatic N) is 1. The Morgan fingerprint density at radius 1 is 1.21 bits per heavy atom. The third-order valence-electron chi connectivity index (χ3n) is 1.71. The Morgan fingerprint density at radius 3 is 2.36 bits per heavy atom. The van der Waals surface area contributed by atoms with Crippen molar-refractivity contribution in [2.75, 3.05) is 7.05 Å². The van der Waals surface area contributed by atoms with Crippen molar-refractivity contribution in [2.24, 2.45) is 4.99 Å². The maximum absolute atomic E-state index is 12.3. The highest BCUT2D eigenvalue weighted by Crippen LogP contribution is 2.30. The lowest BCUT2D eigenvalue weighted by atomic mass is 10.1. The summed E-state index contributed by atoms with van der Waals surface area (Å²) in [6.07, 6.45) is -2.88. The van der Waals surface area contributed by atoms with Gasteiger partial charge in [-0.15, -0.1) is 0 Å². The smallest absolute Gasteiger partial charge is 0.296 e. The van der Waals surface area contributed by atoms with Crippen molar-refractivity contribution < 1.29 is 13.2 Å². The molecule has 0 aliphatic carbocycles. The van der Waals surface area contributed by atoms with Crippen LogP contribution in [0.15, 0.2) is 23.2 Å². The van der Waals surface area contributed by atoms with Crippen LogP contribution in [-0.4, -0.2) is 13.3 Å². The Balaban J connectivity index is 3.20. The summed E-state index contributed by atoms with van der Waals surface area (Å²) in [4.78, 5) is 3.68. The highest BCUT2D eigenvalue weighted by molar-refractivity contribution is 5.80. The molecule has 0 heterocycles. The predicted octanol–water partition coefficient (Wildman–Crippen LogP) is 3.06. The molecule has 14 heavy (non-hydrogen) atoms. The molecule has 1 rings (SSSR count). The van der Waals surface area contributed by atoms with Crippen LogP contribution in [0, 0.1) is 6.92 Å². The largest absolute Gasteiger partial charge is 0.416 e. The van der Waals surface area contributed by atoms with Crippen LogP contribution in [0.4, 0.5) is 13.2 Å². The van der Waals surface area contributed by atoms with Crippen molar-refractivity contribution >= 4 is 6.21 Å². The Labute approximate surface area is 80.3 Å². The SMILES string of the molecule is CN=Cc1cc(C)cc(C(F)(F)F)c1. The summed E-state index contributed by atoms with van der Waals surface area (Å²) in [6, 6.07) is 3.86. The van der Waals surface area contributed by atoms with Gasteiger partial charge in [-0.2, -0.15) is 13.2 Å². The van der Waals surface area contributed by atoms with E-state index in [0.29, 0.717) is 11.1 Å². The Bertz CT molecular complexity index is 353. The highest BCUT2D eigenvalue weighted by atomic mass is 19.4. The molecule has 1 aromatic rings. The zero-order valence-electron chi connectivity index (χ0n) is 7.89. The van der Waals surface area contributed by atoms with Crippen molar-refractivity contribution in [1.29, 1.82) is 0 Å². The second-order valence-electron chi connectivity index (χ2n) is 3.02. The molecule has 4 heteroatoms.